The summed E-state index contributed by atoms with van der Waals surface area (Å²) in [5.41, 5.74) is 0.637. The summed E-state index contributed by atoms with van der Waals surface area (Å²) in [6.45, 7) is 7.83. The Morgan fingerprint density at radius 3 is 2.74 bits per heavy atom. The Morgan fingerprint density at radius 1 is 1.30 bits per heavy atom. The predicted octanol–water partition coefficient (Wildman–Crippen LogP) is 1.47. The summed E-state index contributed by atoms with van der Waals surface area (Å²) in [5, 5.41) is 0.625. The fraction of sp³-hybridized carbons (Fsp3) is 0.529. The number of aromatic nitrogens is 2. The number of rotatable bonds is 4. The molecule has 0 saturated carbocycles. The van der Waals surface area contributed by atoms with Gasteiger partial charge in [0.05, 0.1) is 23.1 Å². The second kappa shape index (κ2) is 6.68. The number of nitrogens with zero attached hydrogens (tertiary/aromatic N) is 3. The fourth-order valence-corrected chi connectivity index (χ4v) is 3.12. The fourth-order valence-electron chi connectivity index (χ4n) is 3.12. The Bertz CT molecular complexity index is 720. The largest absolute Gasteiger partial charge is 0.373 e. The van der Waals surface area contributed by atoms with Crippen LogP contribution in [0.1, 0.15) is 13.8 Å². The van der Waals surface area contributed by atoms with Gasteiger partial charge in [-0.3, -0.25) is 14.7 Å². The van der Waals surface area contributed by atoms with Gasteiger partial charge in [0, 0.05) is 33.2 Å². The van der Waals surface area contributed by atoms with Crippen LogP contribution >= 0.6 is 0 Å². The van der Waals surface area contributed by atoms with Crippen LogP contribution < -0.4 is 10.5 Å². The minimum absolute atomic E-state index is 0.0916. The molecule has 6 nitrogen and oxygen atoms in total. The second-order valence-corrected chi connectivity index (χ2v) is 6.35. The van der Waals surface area contributed by atoms with Gasteiger partial charge < -0.3 is 9.64 Å². The number of hydrogen-bond acceptors (Lipinski definition) is 5. The summed E-state index contributed by atoms with van der Waals surface area (Å²) in [4.78, 5) is 24.0. The maximum atomic E-state index is 12.1. The van der Waals surface area contributed by atoms with Crippen LogP contribution in [-0.4, -0.2) is 60.3 Å². The van der Waals surface area contributed by atoms with Crippen molar-refractivity contribution >= 4 is 16.9 Å². The summed E-state index contributed by atoms with van der Waals surface area (Å²) in [5.74, 6) is 0.614. The molecule has 0 bridgehead atoms. The lowest BCUT2D eigenvalue weighted by atomic mass is 10.2. The van der Waals surface area contributed by atoms with Gasteiger partial charge in [0.25, 0.3) is 5.56 Å². The molecule has 0 spiro atoms. The number of H-pyrrole nitrogens is 1. The van der Waals surface area contributed by atoms with Crippen LogP contribution in [0.15, 0.2) is 29.1 Å². The molecule has 1 N–H and O–H groups in total. The number of aromatic amines is 1. The van der Waals surface area contributed by atoms with Crippen LogP contribution in [0.4, 0.5) is 5.95 Å². The zero-order chi connectivity index (χ0) is 16.4. The van der Waals surface area contributed by atoms with E-state index in [1.165, 1.54) is 0 Å². The van der Waals surface area contributed by atoms with E-state index in [1.807, 2.05) is 30.1 Å². The van der Waals surface area contributed by atoms with E-state index in [1.54, 1.807) is 6.07 Å². The number of benzene rings is 1. The van der Waals surface area contributed by atoms with E-state index in [4.69, 9.17) is 4.74 Å². The molecule has 2 atom stereocenters. The molecule has 3 rings (SSSR count). The van der Waals surface area contributed by atoms with Crippen molar-refractivity contribution in [3.63, 3.8) is 0 Å². The Hall–Kier alpha value is -1.92. The molecule has 1 fully saturated rings. The van der Waals surface area contributed by atoms with Gasteiger partial charge in [0.1, 0.15) is 0 Å². The molecule has 2 aromatic rings. The highest BCUT2D eigenvalue weighted by Gasteiger charge is 2.22. The van der Waals surface area contributed by atoms with Crippen molar-refractivity contribution in [1.82, 2.24) is 14.9 Å². The van der Waals surface area contributed by atoms with Gasteiger partial charge >= 0.3 is 0 Å². The third kappa shape index (κ3) is 3.71. The normalized spacial score (nSPS) is 22.4. The van der Waals surface area contributed by atoms with Crippen LogP contribution in [0.3, 0.4) is 0 Å². The molecule has 1 aliphatic rings. The minimum Gasteiger partial charge on any atom is -0.373 e. The molecule has 0 unspecified atom stereocenters. The average Bonchev–Trinajstić information content (AvgIpc) is 2.51. The number of ether oxygens (including phenoxy) is 1. The summed E-state index contributed by atoms with van der Waals surface area (Å²) in [6, 6.07) is 7.41. The Balaban J connectivity index is 1.68. The Morgan fingerprint density at radius 2 is 2.00 bits per heavy atom. The van der Waals surface area contributed by atoms with Crippen LogP contribution in [0, 0.1) is 0 Å². The van der Waals surface area contributed by atoms with E-state index in [9.17, 15) is 4.79 Å². The van der Waals surface area contributed by atoms with E-state index < -0.39 is 0 Å². The van der Waals surface area contributed by atoms with Gasteiger partial charge in [-0.2, -0.15) is 0 Å². The van der Waals surface area contributed by atoms with Crippen LogP contribution in [0.5, 0.6) is 0 Å². The molecule has 23 heavy (non-hydrogen) atoms. The van der Waals surface area contributed by atoms with Crippen molar-refractivity contribution in [3.8, 4) is 0 Å². The zero-order valence-electron chi connectivity index (χ0n) is 14.0. The molecule has 0 radical (unpaired) electrons. The molecule has 2 heterocycles. The lowest BCUT2D eigenvalue weighted by molar-refractivity contribution is -0.0670. The smallest absolute Gasteiger partial charge is 0.260 e. The van der Waals surface area contributed by atoms with Gasteiger partial charge in [-0.15, -0.1) is 0 Å². The number of para-hydroxylation sites is 1. The minimum atomic E-state index is -0.0916. The maximum absolute atomic E-state index is 12.1. The summed E-state index contributed by atoms with van der Waals surface area (Å²) in [7, 11) is 1.96. The molecular formula is C17H24N4O2. The zero-order valence-corrected chi connectivity index (χ0v) is 14.0. The van der Waals surface area contributed by atoms with Crippen molar-refractivity contribution in [2.45, 2.75) is 26.1 Å². The van der Waals surface area contributed by atoms with Crippen LogP contribution in [-0.2, 0) is 4.74 Å². The van der Waals surface area contributed by atoms with Crippen molar-refractivity contribution in [3.05, 3.63) is 34.6 Å². The van der Waals surface area contributed by atoms with Crippen LogP contribution in [0.2, 0.25) is 0 Å². The first-order valence-corrected chi connectivity index (χ1v) is 8.11. The van der Waals surface area contributed by atoms with E-state index in [0.29, 0.717) is 11.3 Å². The lowest BCUT2D eigenvalue weighted by Crippen LogP contribution is -2.47. The van der Waals surface area contributed by atoms with Crippen molar-refractivity contribution in [2.75, 3.05) is 38.1 Å². The van der Waals surface area contributed by atoms with Gasteiger partial charge in [-0.25, -0.2) is 4.98 Å². The molecule has 1 aromatic heterocycles. The van der Waals surface area contributed by atoms with Crippen LogP contribution in [0.25, 0.3) is 10.9 Å². The third-order valence-electron chi connectivity index (χ3n) is 4.21. The van der Waals surface area contributed by atoms with Gasteiger partial charge in [0.2, 0.25) is 5.95 Å². The molecular weight excluding hydrogens is 292 g/mol. The molecule has 6 heteroatoms. The molecule has 0 amide bonds. The van der Waals surface area contributed by atoms with Crippen molar-refractivity contribution < 1.29 is 4.74 Å². The summed E-state index contributed by atoms with van der Waals surface area (Å²) < 4.78 is 5.76. The molecule has 1 saturated heterocycles. The number of fused-ring (bicyclic) bond motifs is 1. The van der Waals surface area contributed by atoms with E-state index in [0.717, 1.165) is 31.7 Å². The highest BCUT2D eigenvalue weighted by molar-refractivity contribution is 5.78. The first-order valence-electron chi connectivity index (χ1n) is 8.11. The Labute approximate surface area is 136 Å². The molecule has 124 valence electrons. The molecule has 0 aliphatic carbocycles. The second-order valence-electron chi connectivity index (χ2n) is 6.35. The van der Waals surface area contributed by atoms with E-state index in [2.05, 4.69) is 28.7 Å². The highest BCUT2D eigenvalue weighted by Crippen LogP contribution is 2.12. The number of anilines is 1. The monoisotopic (exact) mass is 316 g/mol. The highest BCUT2D eigenvalue weighted by atomic mass is 16.5. The first-order chi connectivity index (χ1) is 11.0. The number of nitrogens with one attached hydrogen (secondary N) is 1. The SMILES string of the molecule is C[C@@H]1CN(CCN(C)c2nc3ccccc3c(=O)[nH]2)C[C@H](C)O1. The quantitative estimate of drug-likeness (QED) is 0.925. The maximum Gasteiger partial charge on any atom is 0.260 e. The predicted molar refractivity (Wildman–Crippen MR) is 92.1 cm³/mol. The lowest BCUT2D eigenvalue weighted by Gasteiger charge is -2.36. The molecule has 1 aliphatic heterocycles. The number of likely N-dealkylation sites (N-methyl/N-ethyl adjacent to an activating group) is 1. The Kier molecular flexibility index (Phi) is 4.63. The van der Waals surface area contributed by atoms with Crippen molar-refractivity contribution in [2.24, 2.45) is 0 Å². The number of hydrogen-bond donors (Lipinski definition) is 1. The summed E-state index contributed by atoms with van der Waals surface area (Å²) >= 11 is 0. The van der Waals surface area contributed by atoms with E-state index in [-0.39, 0.29) is 17.8 Å². The first kappa shape index (κ1) is 16.0. The number of morpholine rings is 1. The van der Waals surface area contributed by atoms with Gasteiger partial charge in [-0.1, -0.05) is 12.1 Å². The summed E-state index contributed by atoms with van der Waals surface area (Å²) in [6.07, 6.45) is 0.533. The van der Waals surface area contributed by atoms with E-state index >= 15 is 0 Å². The standard InChI is InChI=1S/C17H24N4O2/c1-12-10-21(11-13(2)23-12)9-8-20(3)17-18-15-7-5-4-6-14(15)16(22)19-17/h4-7,12-13H,8-11H2,1-3H3,(H,18,19,22)/t12-,13+. The topological polar surface area (TPSA) is 61.5 Å². The van der Waals surface area contributed by atoms with Gasteiger partial charge in [-0.05, 0) is 26.0 Å². The van der Waals surface area contributed by atoms with Crippen molar-refractivity contribution in [1.29, 1.82) is 0 Å². The molecule has 1 aromatic carbocycles. The van der Waals surface area contributed by atoms with Gasteiger partial charge in [0.15, 0.2) is 0 Å². The average molecular weight is 316 g/mol. The third-order valence-corrected chi connectivity index (χ3v) is 4.21.